The van der Waals surface area contributed by atoms with Gasteiger partial charge in [0.1, 0.15) is 0 Å². The number of thioether (sulfide) groups is 1. The smallest absolute Gasteiger partial charge is 0.272 e. The minimum absolute atomic E-state index is 0.443. The van der Waals surface area contributed by atoms with E-state index in [0.29, 0.717) is 6.54 Å². The van der Waals surface area contributed by atoms with Crippen LogP contribution in [0.25, 0.3) is 0 Å². The van der Waals surface area contributed by atoms with Crippen LogP contribution in [-0.2, 0) is 4.79 Å². The Bertz CT molecular complexity index is 547. The Morgan fingerprint density at radius 2 is 1.65 bits per heavy atom. The minimum Gasteiger partial charge on any atom is -0.309 e. The van der Waals surface area contributed by atoms with Crippen molar-refractivity contribution in [1.29, 1.82) is 0 Å². The van der Waals surface area contributed by atoms with Crippen molar-refractivity contribution >= 4 is 23.4 Å². The average molecular weight is 289 g/mol. The molecule has 0 N–H and O–H groups in total. The molecule has 0 spiro atoms. The number of carbonyl (C=O) groups excluding carboxylic acids is 1. The molecule has 0 saturated heterocycles. The van der Waals surface area contributed by atoms with Crippen LogP contribution < -0.4 is 4.90 Å². The summed E-state index contributed by atoms with van der Waals surface area (Å²) in [7, 11) is 0. The summed E-state index contributed by atoms with van der Waals surface area (Å²) in [5.41, 5.74) is -0.881. The number of carbonyl (C=O) groups is 1. The van der Waals surface area contributed by atoms with Crippen LogP contribution in [0, 0.1) is 0 Å². The molecule has 4 heteroatoms. The molecule has 1 amide bonds. The van der Waals surface area contributed by atoms with E-state index < -0.39 is 11.4 Å². The third-order valence-corrected chi connectivity index (χ3v) is 3.78. The maximum absolute atomic E-state index is 14.2. The highest BCUT2D eigenvalue weighted by molar-refractivity contribution is 8.00. The molecule has 0 aliphatic rings. The lowest BCUT2D eigenvalue weighted by molar-refractivity contribution is -0.120. The first kappa shape index (κ1) is 14.6. The van der Waals surface area contributed by atoms with Gasteiger partial charge in [-0.05, 0) is 31.2 Å². The summed E-state index contributed by atoms with van der Waals surface area (Å²) in [6.07, 6.45) is 0. The van der Waals surface area contributed by atoms with Crippen molar-refractivity contribution < 1.29 is 9.18 Å². The molecule has 0 heterocycles. The largest absolute Gasteiger partial charge is 0.309 e. The second kappa shape index (κ2) is 7.10. The molecular formula is C16H16FNOS. The quantitative estimate of drug-likeness (QED) is 0.771. The monoisotopic (exact) mass is 289 g/mol. The number of para-hydroxylation sites is 1. The Hall–Kier alpha value is -1.81. The Kier molecular flexibility index (Phi) is 5.18. The van der Waals surface area contributed by atoms with Crippen LogP contribution in [0.4, 0.5) is 10.1 Å². The number of hydrogen-bond donors (Lipinski definition) is 0. The third kappa shape index (κ3) is 3.61. The number of amides is 1. The molecule has 0 saturated carbocycles. The van der Waals surface area contributed by atoms with Crippen LogP contribution in [0.2, 0.25) is 0 Å². The van der Waals surface area contributed by atoms with Crippen LogP contribution >= 0.6 is 11.8 Å². The lowest BCUT2D eigenvalue weighted by Crippen LogP contribution is -2.35. The number of halogens is 1. The molecule has 2 nitrogen and oxygen atoms in total. The Morgan fingerprint density at radius 1 is 1.10 bits per heavy atom. The summed E-state index contributed by atoms with van der Waals surface area (Å²) in [5.74, 6) is -0.521. The fraction of sp³-hybridized carbons (Fsp3) is 0.188. The van der Waals surface area contributed by atoms with Gasteiger partial charge in [0.2, 0.25) is 5.50 Å². The van der Waals surface area contributed by atoms with Gasteiger partial charge in [0.15, 0.2) is 0 Å². The molecule has 2 aromatic rings. The van der Waals surface area contributed by atoms with Gasteiger partial charge in [-0.1, -0.05) is 48.2 Å². The van der Waals surface area contributed by atoms with Crippen LogP contribution in [0.3, 0.4) is 0 Å². The van der Waals surface area contributed by atoms with E-state index in [1.54, 1.807) is 24.3 Å². The topological polar surface area (TPSA) is 20.3 Å². The van der Waals surface area contributed by atoms with Gasteiger partial charge in [0.05, 0.1) is 0 Å². The molecule has 0 bridgehead atoms. The van der Waals surface area contributed by atoms with Gasteiger partial charge in [-0.15, -0.1) is 0 Å². The summed E-state index contributed by atoms with van der Waals surface area (Å²) < 4.78 is 14.2. The average Bonchev–Trinajstić information content (AvgIpc) is 2.50. The normalized spacial score (nSPS) is 11.9. The van der Waals surface area contributed by atoms with Crippen LogP contribution in [0.15, 0.2) is 65.6 Å². The number of benzene rings is 2. The lowest BCUT2D eigenvalue weighted by atomic mass is 10.3. The summed E-state index contributed by atoms with van der Waals surface area (Å²) in [4.78, 5) is 14.4. The summed E-state index contributed by atoms with van der Waals surface area (Å²) in [5, 5.41) is 0. The van der Waals surface area contributed by atoms with Crippen molar-refractivity contribution in [3.8, 4) is 0 Å². The van der Waals surface area contributed by atoms with E-state index in [1.165, 1.54) is 4.90 Å². The molecule has 0 aliphatic carbocycles. The highest BCUT2D eigenvalue weighted by Gasteiger charge is 2.24. The van der Waals surface area contributed by atoms with E-state index in [-0.39, 0.29) is 0 Å². The Balaban J connectivity index is 2.09. The third-order valence-electron chi connectivity index (χ3n) is 2.83. The van der Waals surface area contributed by atoms with E-state index in [2.05, 4.69) is 0 Å². The summed E-state index contributed by atoms with van der Waals surface area (Å²) >= 11 is 0.932. The number of alkyl halides is 1. The van der Waals surface area contributed by atoms with Gasteiger partial charge in [-0.3, -0.25) is 4.79 Å². The van der Waals surface area contributed by atoms with Gasteiger partial charge in [0, 0.05) is 17.1 Å². The van der Waals surface area contributed by atoms with Crippen molar-refractivity contribution in [2.24, 2.45) is 0 Å². The van der Waals surface area contributed by atoms with E-state index in [1.807, 2.05) is 43.3 Å². The highest BCUT2D eigenvalue weighted by atomic mass is 32.2. The Labute approximate surface area is 122 Å². The van der Waals surface area contributed by atoms with Crippen LogP contribution in [0.1, 0.15) is 6.92 Å². The predicted molar refractivity (Wildman–Crippen MR) is 81.7 cm³/mol. The molecule has 104 valence electrons. The molecule has 20 heavy (non-hydrogen) atoms. The van der Waals surface area contributed by atoms with E-state index >= 15 is 0 Å². The van der Waals surface area contributed by atoms with Gasteiger partial charge in [-0.25, -0.2) is 4.39 Å². The first-order valence-corrected chi connectivity index (χ1v) is 7.32. The van der Waals surface area contributed by atoms with Crippen molar-refractivity contribution in [2.75, 3.05) is 11.4 Å². The van der Waals surface area contributed by atoms with E-state index in [4.69, 9.17) is 0 Å². The molecule has 1 unspecified atom stereocenters. The molecule has 1 atom stereocenters. The van der Waals surface area contributed by atoms with Crippen molar-refractivity contribution in [2.45, 2.75) is 17.3 Å². The molecule has 0 aliphatic heterocycles. The van der Waals surface area contributed by atoms with Gasteiger partial charge >= 0.3 is 0 Å². The fourth-order valence-corrected chi connectivity index (χ4v) is 2.65. The molecule has 2 rings (SSSR count). The zero-order valence-corrected chi connectivity index (χ0v) is 12.0. The molecular weight excluding hydrogens is 273 g/mol. The first-order chi connectivity index (χ1) is 9.72. The van der Waals surface area contributed by atoms with Gasteiger partial charge < -0.3 is 4.90 Å². The number of nitrogens with zero attached hydrogens (tertiary/aromatic N) is 1. The van der Waals surface area contributed by atoms with E-state index in [0.717, 1.165) is 22.3 Å². The predicted octanol–water partition coefficient (Wildman–Crippen LogP) is 4.13. The van der Waals surface area contributed by atoms with Crippen LogP contribution in [0.5, 0.6) is 0 Å². The maximum Gasteiger partial charge on any atom is 0.272 e. The zero-order valence-electron chi connectivity index (χ0n) is 11.2. The maximum atomic E-state index is 14.2. The minimum atomic E-state index is -1.60. The van der Waals surface area contributed by atoms with E-state index in [9.17, 15) is 9.18 Å². The molecule has 0 fully saturated rings. The van der Waals surface area contributed by atoms with Crippen molar-refractivity contribution in [1.82, 2.24) is 0 Å². The lowest BCUT2D eigenvalue weighted by Gasteiger charge is -2.22. The zero-order chi connectivity index (χ0) is 14.4. The SMILES string of the molecule is CCN(C(=O)C(F)Sc1ccccc1)c1ccccc1. The summed E-state index contributed by atoms with van der Waals surface area (Å²) in [6, 6.07) is 18.3. The van der Waals surface area contributed by atoms with Gasteiger partial charge in [-0.2, -0.15) is 0 Å². The Morgan fingerprint density at radius 3 is 2.20 bits per heavy atom. The molecule has 2 aromatic carbocycles. The number of hydrogen-bond acceptors (Lipinski definition) is 2. The van der Waals surface area contributed by atoms with Gasteiger partial charge in [0.25, 0.3) is 5.91 Å². The number of anilines is 1. The summed E-state index contributed by atoms with van der Waals surface area (Å²) in [6.45, 7) is 2.28. The second-order valence-electron chi connectivity index (χ2n) is 4.16. The standard InChI is InChI=1S/C16H16FNOS/c1-2-18(13-9-5-3-6-10-13)16(19)15(17)20-14-11-7-4-8-12-14/h3-12,15H,2H2,1H3. The fourth-order valence-electron chi connectivity index (χ4n) is 1.87. The molecule has 0 radical (unpaired) electrons. The number of rotatable bonds is 5. The first-order valence-electron chi connectivity index (χ1n) is 6.44. The van der Waals surface area contributed by atoms with Crippen molar-refractivity contribution in [3.63, 3.8) is 0 Å². The van der Waals surface area contributed by atoms with Crippen molar-refractivity contribution in [3.05, 3.63) is 60.7 Å². The highest BCUT2D eigenvalue weighted by Crippen LogP contribution is 2.27. The van der Waals surface area contributed by atoms with Crippen LogP contribution in [-0.4, -0.2) is 18.0 Å². The second-order valence-corrected chi connectivity index (χ2v) is 5.29. The molecule has 0 aromatic heterocycles.